The molecular formula is C29H23F19O12. The number of ether oxygens (including phenoxy) is 4. The van der Waals surface area contributed by atoms with Crippen LogP contribution >= 0.6 is 0 Å². The Morgan fingerprint density at radius 1 is 0.633 bits per heavy atom. The number of carbonyl (C=O) groups excluding carboxylic acids is 2. The summed E-state index contributed by atoms with van der Waals surface area (Å²) in [7, 11) is 0. The molecule has 0 saturated carbocycles. The minimum atomic E-state index is -7.97. The van der Waals surface area contributed by atoms with Crippen molar-refractivity contribution in [3.05, 3.63) is 84.4 Å². The summed E-state index contributed by atoms with van der Waals surface area (Å²) in [5, 5.41) is 7.67. The van der Waals surface area contributed by atoms with E-state index >= 15 is 8.78 Å². The van der Waals surface area contributed by atoms with E-state index in [4.69, 9.17) is 4.74 Å². The zero-order valence-corrected chi connectivity index (χ0v) is 28.8. The molecule has 0 amide bonds. The lowest BCUT2D eigenvalue weighted by molar-refractivity contribution is -0.626. The van der Waals surface area contributed by atoms with E-state index < -0.39 is 128 Å². The Morgan fingerprint density at radius 2 is 1.18 bits per heavy atom. The van der Waals surface area contributed by atoms with E-state index in [1.807, 2.05) is 0 Å². The van der Waals surface area contributed by atoms with Crippen molar-refractivity contribution in [2.45, 2.75) is 42.5 Å². The molecule has 3 atom stereocenters. The number of hydrogen-bond acceptors (Lipinski definition) is 12. The Morgan fingerprint density at radius 3 is 1.70 bits per heavy atom. The highest BCUT2D eigenvalue weighted by molar-refractivity contribution is 5.81. The summed E-state index contributed by atoms with van der Waals surface area (Å²) in [6.45, 7) is -1.61. The van der Waals surface area contributed by atoms with Gasteiger partial charge in [-0.3, -0.25) is 9.62 Å². The van der Waals surface area contributed by atoms with Gasteiger partial charge >= 0.3 is 41.9 Å². The molecule has 344 valence electrons. The summed E-state index contributed by atoms with van der Waals surface area (Å²) >= 11 is 0. The molecule has 0 aromatic heterocycles. The van der Waals surface area contributed by atoms with Crippen molar-refractivity contribution >= 4 is 11.9 Å². The Balaban J connectivity index is 6.54. The van der Waals surface area contributed by atoms with Crippen LogP contribution in [0.3, 0.4) is 0 Å². The van der Waals surface area contributed by atoms with Crippen LogP contribution in [0.4, 0.5) is 83.4 Å². The van der Waals surface area contributed by atoms with Crippen LogP contribution < -0.4 is 0 Å². The molecule has 0 aromatic carbocycles. The fourth-order valence-corrected chi connectivity index (χ4v) is 2.93. The molecule has 0 fully saturated rings. The van der Waals surface area contributed by atoms with Gasteiger partial charge in [0.05, 0.1) is 13.2 Å². The quantitative estimate of drug-likeness (QED) is 0.0114. The maximum atomic E-state index is 15.3. The lowest BCUT2D eigenvalue weighted by Crippen LogP contribution is -2.62. The molecule has 60 heavy (non-hydrogen) atoms. The normalized spacial score (nSPS) is 16.9. The Kier molecular flexibility index (Phi) is 22.4. The van der Waals surface area contributed by atoms with Gasteiger partial charge in [-0.15, -0.1) is 0 Å². The first kappa shape index (κ1) is 55.1. The van der Waals surface area contributed by atoms with Gasteiger partial charge in [0.1, 0.15) is 32.8 Å². The van der Waals surface area contributed by atoms with E-state index in [1.54, 1.807) is 0 Å². The van der Waals surface area contributed by atoms with Crippen LogP contribution in [0.1, 0.15) is 6.42 Å². The molecule has 0 bridgehead atoms. The number of alkyl halides is 11. The Bertz CT molecular complexity index is 1630. The van der Waals surface area contributed by atoms with E-state index in [1.165, 1.54) is 0 Å². The first-order chi connectivity index (χ1) is 27.6. The SMILES string of the molecule is C=CC(=O)OCCOO/C=C\OCC(COCCC(F)(OC(F)(/C(F)=C(F)/C(F)=C(F)/C(F)=C(F)/C(F)=C(\F)CF)C(F)(F)C(F)(F)F)C(F)(F)F)OOOOC(=O)C=C. The number of hydrogen-bond donors (Lipinski definition) is 0. The third-order valence-electron chi connectivity index (χ3n) is 5.77. The van der Waals surface area contributed by atoms with Crippen molar-refractivity contribution in [3.63, 3.8) is 0 Å². The van der Waals surface area contributed by atoms with Gasteiger partial charge in [0, 0.05) is 23.6 Å². The summed E-state index contributed by atoms with van der Waals surface area (Å²) in [4.78, 5) is 39.0. The molecule has 0 heterocycles. The zero-order chi connectivity index (χ0) is 46.7. The van der Waals surface area contributed by atoms with Crippen LogP contribution in [0.2, 0.25) is 0 Å². The van der Waals surface area contributed by atoms with Crippen molar-refractivity contribution < 1.29 is 142 Å². The van der Waals surface area contributed by atoms with Crippen molar-refractivity contribution in [3.8, 4) is 0 Å². The van der Waals surface area contributed by atoms with Crippen molar-refractivity contribution in [2.75, 3.05) is 39.7 Å². The highest BCUT2D eigenvalue weighted by Crippen LogP contribution is 2.55. The van der Waals surface area contributed by atoms with Crippen molar-refractivity contribution in [1.82, 2.24) is 0 Å². The first-order valence-corrected chi connectivity index (χ1v) is 14.7. The van der Waals surface area contributed by atoms with Gasteiger partial charge in [-0.1, -0.05) is 13.2 Å². The van der Waals surface area contributed by atoms with Gasteiger partial charge in [-0.2, -0.15) is 49.3 Å². The minimum absolute atomic E-state index is 0.340. The van der Waals surface area contributed by atoms with E-state index in [0.29, 0.717) is 18.6 Å². The number of esters is 1. The summed E-state index contributed by atoms with van der Waals surface area (Å²) in [6, 6.07) is 0. The third kappa shape index (κ3) is 16.0. The molecule has 0 aliphatic rings. The van der Waals surface area contributed by atoms with Gasteiger partial charge in [0.15, 0.2) is 35.7 Å². The lowest BCUT2D eigenvalue weighted by Gasteiger charge is -2.38. The monoisotopic (exact) mass is 924 g/mol. The summed E-state index contributed by atoms with van der Waals surface area (Å²) in [5.74, 6) is -56.0. The van der Waals surface area contributed by atoms with Gasteiger partial charge in [-0.05, 0) is 5.04 Å². The first-order valence-electron chi connectivity index (χ1n) is 14.7. The molecule has 0 spiro atoms. The molecule has 12 nitrogen and oxygen atoms in total. The van der Waals surface area contributed by atoms with Crippen LogP contribution in [-0.2, 0) is 58.2 Å². The second kappa shape index (κ2) is 24.4. The van der Waals surface area contributed by atoms with Crippen molar-refractivity contribution in [2.24, 2.45) is 0 Å². The van der Waals surface area contributed by atoms with Gasteiger partial charge in [0.2, 0.25) is 23.3 Å². The molecule has 3 unspecified atom stereocenters. The van der Waals surface area contributed by atoms with E-state index in [9.17, 15) is 84.2 Å². The summed E-state index contributed by atoms with van der Waals surface area (Å²) in [5.41, 5.74) is 0. The van der Waals surface area contributed by atoms with Gasteiger partial charge in [0.25, 0.3) is 0 Å². The van der Waals surface area contributed by atoms with Crippen LogP contribution in [0.25, 0.3) is 0 Å². The summed E-state index contributed by atoms with van der Waals surface area (Å²) < 4.78 is 278. The number of carbonyl (C=O) groups is 2. The molecule has 0 aromatic rings. The maximum Gasteiger partial charge on any atom is 0.460 e. The molecule has 0 N–H and O–H groups in total. The predicted octanol–water partition coefficient (Wildman–Crippen LogP) is 9.13. The minimum Gasteiger partial charge on any atom is -0.495 e. The standard InChI is InChI=1S/C29H23F19O12/c1-3-16(49)53-8-10-55-54-9-7-52-13-14(56-59-60-57-17(50)4-2)12-51-6-5-25(39,28(43,44)45)58-26(40,27(41,42)29(46,47)48)24(38)23(37)22(36)21(35)20(34)19(33)18(32)15(31)11-30/h3-4,7,9,14H,1-2,5-6,8,10-13H2/b9-7-,18-15+,20-19+,22-21+,24-23+. The second-order valence-electron chi connectivity index (χ2n) is 9.91. The highest BCUT2D eigenvalue weighted by Gasteiger charge is 2.79. The fourth-order valence-electron chi connectivity index (χ4n) is 2.93. The Hall–Kier alpha value is -4.85. The smallest absolute Gasteiger partial charge is 0.460 e. The molecular weight excluding hydrogens is 901 g/mol. The largest absolute Gasteiger partial charge is 0.495 e. The average Bonchev–Trinajstić information content (AvgIpc) is 3.19. The zero-order valence-electron chi connectivity index (χ0n) is 28.8. The average molecular weight is 924 g/mol. The van der Waals surface area contributed by atoms with Crippen LogP contribution in [-0.4, -0.2) is 87.7 Å². The van der Waals surface area contributed by atoms with E-state index in [2.05, 4.69) is 57.0 Å². The fraction of sp³-hybridized carbons (Fsp3) is 0.448. The molecule has 0 rings (SSSR count). The highest BCUT2D eigenvalue weighted by atomic mass is 19.4. The lowest BCUT2D eigenvalue weighted by atomic mass is 10.1. The topological polar surface area (TPSA) is 126 Å². The molecule has 0 aliphatic carbocycles. The van der Waals surface area contributed by atoms with E-state index in [0.717, 1.165) is 6.08 Å². The molecule has 0 saturated heterocycles. The van der Waals surface area contributed by atoms with Crippen LogP contribution in [0.15, 0.2) is 84.4 Å². The molecule has 31 heteroatoms. The van der Waals surface area contributed by atoms with Gasteiger partial charge in [-0.25, -0.2) is 53.5 Å². The third-order valence-corrected chi connectivity index (χ3v) is 5.77. The number of halogens is 19. The van der Waals surface area contributed by atoms with Crippen molar-refractivity contribution in [1.29, 1.82) is 0 Å². The molecule has 0 aliphatic heterocycles. The summed E-state index contributed by atoms with van der Waals surface area (Å²) in [6.07, 6.45) is -17.1. The Labute approximate surface area is 320 Å². The van der Waals surface area contributed by atoms with Crippen LogP contribution in [0, 0.1) is 0 Å². The van der Waals surface area contributed by atoms with E-state index in [-0.39, 0.29) is 13.2 Å². The maximum absolute atomic E-state index is 15.3. The second-order valence-corrected chi connectivity index (χ2v) is 9.91. The predicted molar refractivity (Wildman–Crippen MR) is 151 cm³/mol. The van der Waals surface area contributed by atoms with Gasteiger partial charge < -0.3 is 19.1 Å². The van der Waals surface area contributed by atoms with Crippen LogP contribution in [0.5, 0.6) is 0 Å². The number of allylic oxidation sites excluding steroid dienone is 7. The molecule has 0 radical (unpaired) electrons. The number of rotatable bonds is 27.